The van der Waals surface area contributed by atoms with Crippen LogP contribution in [0.5, 0.6) is 0 Å². The molecule has 2 heterocycles. The van der Waals surface area contributed by atoms with Crippen molar-refractivity contribution in [3.8, 4) is 0 Å². The average molecular weight is 288 g/mol. The number of benzene rings is 1. The van der Waals surface area contributed by atoms with Gasteiger partial charge in [-0.15, -0.1) is 0 Å². The molecule has 0 radical (unpaired) electrons. The normalized spacial score (nSPS) is 19.1. The molecule has 1 saturated heterocycles. The standard InChI is InChI=1S/C17H24N2O2/c1-20-12-13-6-8-19(9-7-13)15(11-18)17-10-14-4-2-3-5-16(14)21-17/h2-5,10,13,15H,6-9,11-12,18H2,1H3. The zero-order valence-corrected chi connectivity index (χ0v) is 12.6. The van der Waals surface area contributed by atoms with Gasteiger partial charge >= 0.3 is 0 Å². The van der Waals surface area contributed by atoms with Crippen LogP contribution < -0.4 is 5.73 Å². The molecule has 1 aromatic heterocycles. The smallest absolute Gasteiger partial charge is 0.134 e. The Morgan fingerprint density at radius 1 is 1.33 bits per heavy atom. The van der Waals surface area contributed by atoms with Crippen molar-refractivity contribution in [2.45, 2.75) is 18.9 Å². The largest absolute Gasteiger partial charge is 0.459 e. The van der Waals surface area contributed by atoms with Crippen LogP contribution in [-0.4, -0.2) is 38.3 Å². The summed E-state index contributed by atoms with van der Waals surface area (Å²) in [7, 11) is 1.78. The summed E-state index contributed by atoms with van der Waals surface area (Å²) in [5.74, 6) is 1.67. The number of para-hydroxylation sites is 1. The monoisotopic (exact) mass is 288 g/mol. The van der Waals surface area contributed by atoms with E-state index in [4.69, 9.17) is 14.9 Å². The first kappa shape index (κ1) is 14.6. The molecule has 2 N–H and O–H groups in total. The maximum atomic E-state index is 6.02. The van der Waals surface area contributed by atoms with Crippen LogP contribution in [-0.2, 0) is 4.74 Å². The number of nitrogens with zero attached hydrogens (tertiary/aromatic N) is 1. The van der Waals surface area contributed by atoms with E-state index in [-0.39, 0.29) is 6.04 Å². The molecule has 1 aliphatic rings. The number of hydrogen-bond acceptors (Lipinski definition) is 4. The topological polar surface area (TPSA) is 51.6 Å². The Morgan fingerprint density at radius 2 is 2.10 bits per heavy atom. The van der Waals surface area contributed by atoms with Gasteiger partial charge in [0.1, 0.15) is 11.3 Å². The van der Waals surface area contributed by atoms with E-state index in [1.54, 1.807) is 7.11 Å². The van der Waals surface area contributed by atoms with E-state index in [1.165, 1.54) is 12.8 Å². The summed E-state index contributed by atoms with van der Waals surface area (Å²) in [5.41, 5.74) is 6.97. The van der Waals surface area contributed by atoms with Crippen LogP contribution in [0.25, 0.3) is 11.0 Å². The zero-order chi connectivity index (χ0) is 14.7. The highest BCUT2D eigenvalue weighted by molar-refractivity contribution is 5.77. The van der Waals surface area contributed by atoms with Gasteiger partial charge in [0.25, 0.3) is 0 Å². The molecular weight excluding hydrogens is 264 g/mol. The van der Waals surface area contributed by atoms with Crippen LogP contribution in [0.2, 0.25) is 0 Å². The highest BCUT2D eigenvalue weighted by atomic mass is 16.5. The van der Waals surface area contributed by atoms with Crippen molar-refractivity contribution in [1.29, 1.82) is 0 Å². The molecule has 2 aromatic rings. The molecule has 3 rings (SSSR count). The summed E-state index contributed by atoms with van der Waals surface area (Å²) >= 11 is 0. The minimum absolute atomic E-state index is 0.181. The number of hydrogen-bond donors (Lipinski definition) is 1. The van der Waals surface area contributed by atoms with Gasteiger partial charge in [0.05, 0.1) is 6.04 Å². The van der Waals surface area contributed by atoms with Crippen molar-refractivity contribution in [3.63, 3.8) is 0 Å². The molecule has 0 aliphatic carbocycles. The first-order valence-corrected chi connectivity index (χ1v) is 7.73. The van der Waals surface area contributed by atoms with E-state index in [9.17, 15) is 0 Å². The van der Waals surface area contributed by atoms with E-state index >= 15 is 0 Å². The molecule has 4 heteroatoms. The number of ether oxygens (including phenoxy) is 1. The Hall–Kier alpha value is -1.36. The lowest BCUT2D eigenvalue weighted by atomic mass is 9.96. The zero-order valence-electron chi connectivity index (χ0n) is 12.6. The summed E-state index contributed by atoms with van der Waals surface area (Å²) in [6.07, 6.45) is 2.34. The van der Waals surface area contributed by atoms with Crippen LogP contribution in [0.1, 0.15) is 24.6 Å². The van der Waals surface area contributed by atoms with Gasteiger partial charge in [0.2, 0.25) is 0 Å². The molecule has 21 heavy (non-hydrogen) atoms. The fourth-order valence-electron chi connectivity index (χ4n) is 3.28. The summed E-state index contributed by atoms with van der Waals surface area (Å²) < 4.78 is 11.3. The van der Waals surface area contributed by atoms with Gasteiger partial charge in [-0.1, -0.05) is 18.2 Å². The maximum Gasteiger partial charge on any atom is 0.134 e. The third-order valence-electron chi connectivity index (χ3n) is 4.49. The van der Waals surface area contributed by atoms with Crippen molar-refractivity contribution >= 4 is 11.0 Å². The number of likely N-dealkylation sites (tertiary alicyclic amines) is 1. The highest BCUT2D eigenvalue weighted by Gasteiger charge is 2.27. The fourth-order valence-corrected chi connectivity index (χ4v) is 3.28. The van der Waals surface area contributed by atoms with E-state index < -0.39 is 0 Å². The van der Waals surface area contributed by atoms with Crippen molar-refractivity contribution in [2.24, 2.45) is 11.7 Å². The van der Waals surface area contributed by atoms with Gasteiger partial charge < -0.3 is 14.9 Å². The fraction of sp³-hybridized carbons (Fsp3) is 0.529. The SMILES string of the molecule is COCC1CCN(C(CN)c2cc3ccccc3o2)CC1. The molecule has 1 aromatic carbocycles. The van der Waals surface area contributed by atoms with Gasteiger partial charge in [0, 0.05) is 25.6 Å². The molecule has 1 unspecified atom stereocenters. The quantitative estimate of drug-likeness (QED) is 0.919. The number of furan rings is 1. The van der Waals surface area contributed by atoms with E-state index in [1.807, 2.05) is 18.2 Å². The lowest BCUT2D eigenvalue weighted by molar-refractivity contribution is 0.0760. The molecule has 0 amide bonds. The number of nitrogens with two attached hydrogens (primary N) is 1. The van der Waals surface area contributed by atoms with Gasteiger partial charge in [-0.25, -0.2) is 0 Å². The molecule has 0 bridgehead atoms. The molecule has 4 nitrogen and oxygen atoms in total. The summed E-state index contributed by atoms with van der Waals surface area (Å²) in [6.45, 7) is 3.58. The number of fused-ring (bicyclic) bond motifs is 1. The summed E-state index contributed by atoms with van der Waals surface area (Å²) in [4.78, 5) is 2.45. The molecule has 1 fully saturated rings. The number of piperidine rings is 1. The Bertz CT molecular complexity index is 540. The Kier molecular flexibility index (Phi) is 4.58. The Labute approximate surface area is 125 Å². The van der Waals surface area contributed by atoms with Crippen molar-refractivity contribution in [2.75, 3.05) is 33.4 Å². The van der Waals surface area contributed by atoms with Gasteiger partial charge in [-0.2, -0.15) is 0 Å². The maximum absolute atomic E-state index is 6.02. The molecular formula is C17H24N2O2. The summed E-state index contributed by atoms with van der Waals surface area (Å²) in [5, 5.41) is 1.15. The molecule has 1 aliphatic heterocycles. The second-order valence-electron chi connectivity index (χ2n) is 5.87. The van der Waals surface area contributed by atoms with Crippen LogP contribution in [0.4, 0.5) is 0 Å². The predicted octanol–water partition coefficient (Wildman–Crippen LogP) is 2.79. The van der Waals surface area contributed by atoms with Gasteiger partial charge in [-0.3, -0.25) is 4.90 Å². The first-order valence-electron chi connectivity index (χ1n) is 7.73. The second kappa shape index (κ2) is 6.60. The van der Waals surface area contributed by atoms with Crippen molar-refractivity contribution < 1.29 is 9.15 Å². The van der Waals surface area contributed by atoms with E-state index in [0.717, 1.165) is 36.4 Å². The third-order valence-corrected chi connectivity index (χ3v) is 4.49. The van der Waals surface area contributed by atoms with Crippen LogP contribution in [0.15, 0.2) is 34.7 Å². The number of methoxy groups -OCH3 is 1. The van der Waals surface area contributed by atoms with Crippen molar-refractivity contribution in [1.82, 2.24) is 4.90 Å². The van der Waals surface area contributed by atoms with Crippen LogP contribution in [0.3, 0.4) is 0 Å². The van der Waals surface area contributed by atoms with Crippen LogP contribution >= 0.6 is 0 Å². The molecule has 1 atom stereocenters. The minimum Gasteiger partial charge on any atom is -0.459 e. The lowest BCUT2D eigenvalue weighted by Crippen LogP contribution is -2.40. The Morgan fingerprint density at radius 3 is 2.76 bits per heavy atom. The Balaban J connectivity index is 1.73. The third kappa shape index (κ3) is 3.12. The molecule has 0 saturated carbocycles. The second-order valence-corrected chi connectivity index (χ2v) is 5.87. The molecule has 114 valence electrons. The highest BCUT2D eigenvalue weighted by Crippen LogP contribution is 2.30. The van der Waals surface area contributed by atoms with Gasteiger partial charge in [0.15, 0.2) is 0 Å². The van der Waals surface area contributed by atoms with Crippen molar-refractivity contribution in [3.05, 3.63) is 36.1 Å². The summed E-state index contributed by atoms with van der Waals surface area (Å²) in [6, 6.07) is 10.4. The first-order chi connectivity index (χ1) is 10.3. The lowest BCUT2D eigenvalue weighted by Gasteiger charge is -2.36. The number of rotatable bonds is 5. The van der Waals surface area contributed by atoms with Gasteiger partial charge in [-0.05, 0) is 44.0 Å². The van der Waals surface area contributed by atoms with Crippen LogP contribution in [0, 0.1) is 5.92 Å². The van der Waals surface area contributed by atoms with E-state index in [0.29, 0.717) is 12.5 Å². The average Bonchev–Trinajstić information content (AvgIpc) is 2.93. The van der Waals surface area contributed by atoms with E-state index in [2.05, 4.69) is 17.0 Å². The minimum atomic E-state index is 0.181. The molecule has 0 spiro atoms. The predicted molar refractivity (Wildman–Crippen MR) is 84.2 cm³/mol.